The molecule has 0 bridgehead atoms. The topological polar surface area (TPSA) is 52.6 Å². The van der Waals surface area contributed by atoms with Crippen LogP contribution in [0.5, 0.6) is 0 Å². The third-order valence-electron chi connectivity index (χ3n) is 4.74. The van der Waals surface area contributed by atoms with Crippen LogP contribution in [-0.4, -0.2) is 39.0 Å². The first-order valence-electron chi connectivity index (χ1n) is 11.1. The standard InChI is InChI=1S/C19H32N3P.C7H8N.Zr/c1-14(2)21(15(3)4)23(22(16(5)6)17(7)8)19(20)18-12-10-9-11-13-18;1-6-2-4-7(8)5-3-6;/h9-12,14-17H,1-8H3;2-5,8H,1H3;/q-2;-1;+3. The molecule has 0 aliphatic rings. The first-order valence-corrected chi connectivity index (χ1v) is 12.4. The predicted molar refractivity (Wildman–Crippen MR) is 139 cm³/mol. The molecule has 173 valence electrons. The first-order chi connectivity index (χ1) is 14.5. The minimum absolute atomic E-state index is 0. The van der Waals surface area contributed by atoms with Crippen LogP contribution in [0.3, 0.4) is 0 Å². The van der Waals surface area contributed by atoms with Gasteiger partial charge in [-0.2, -0.15) is 5.56 Å². The molecule has 1 radical (unpaired) electrons. The average molecular weight is 531 g/mol. The number of benzene rings is 2. The Bertz CT molecular complexity index is 719. The summed E-state index contributed by atoms with van der Waals surface area (Å²) in [4.78, 5) is 0. The quantitative estimate of drug-likeness (QED) is 0.197. The molecule has 0 heterocycles. The van der Waals surface area contributed by atoms with Crippen LogP contribution in [0.25, 0.3) is 11.1 Å². The van der Waals surface area contributed by atoms with Crippen LogP contribution in [0.15, 0.2) is 48.5 Å². The van der Waals surface area contributed by atoms with Crippen molar-refractivity contribution in [2.45, 2.75) is 86.5 Å². The van der Waals surface area contributed by atoms with Crippen molar-refractivity contribution in [3.63, 3.8) is 0 Å². The van der Waals surface area contributed by atoms with E-state index in [2.05, 4.69) is 70.8 Å². The van der Waals surface area contributed by atoms with Gasteiger partial charge in [0.1, 0.15) is 0 Å². The van der Waals surface area contributed by atoms with E-state index in [9.17, 15) is 5.41 Å². The van der Waals surface area contributed by atoms with Crippen molar-refractivity contribution >= 4 is 19.4 Å². The maximum Gasteiger partial charge on any atom is 3.00 e. The van der Waals surface area contributed by atoms with Crippen LogP contribution in [0.2, 0.25) is 0 Å². The summed E-state index contributed by atoms with van der Waals surface area (Å²) in [6, 6.07) is 19.7. The Balaban J connectivity index is 0.000000896. The first kappa shape index (κ1) is 31.1. The fourth-order valence-electron chi connectivity index (χ4n) is 3.60. The largest absolute Gasteiger partial charge is 3.00 e. The zero-order valence-corrected chi connectivity index (χ0v) is 24.6. The SMILES string of the molecule is CC(C)N(C(C)C)P(C(=[N-])c1[c-]cccc1)N(C(C)C)C(C)C.Cc1ccc([NH-])cc1.[Zr+3]. The van der Waals surface area contributed by atoms with Gasteiger partial charge in [-0.1, -0.05) is 29.8 Å². The molecule has 0 aromatic heterocycles. The van der Waals surface area contributed by atoms with E-state index >= 15 is 0 Å². The molecule has 0 fully saturated rings. The summed E-state index contributed by atoms with van der Waals surface area (Å²) in [5.74, 6) is 0. The van der Waals surface area contributed by atoms with E-state index in [-0.39, 0.29) is 26.2 Å². The maximum atomic E-state index is 11.1. The second-order valence-corrected chi connectivity index (χ2v) is 10.8. The summed E-state index contributed by atoms with van der Waals surface area (Å²) >= 11 is 0. The Morgan fingerprint density at radius 1 is 0.812 bits per heavy atom. The Hall–Kier alpha value is -0.857. The number of aryl methyl sites for hydroxylation is 1. The number of nitrogens with zero attached hydrogens (tertiary/aromatic N) is 3. The summed E-state index contributed by atoms with van der Waals surface area (Å²) in [6.07, 6.45) is 0. The normalized spacial score (nSPS) is 11.4. The maximum absolute atomic E-state index is 11.1. The summed E-state index contributed by atoms with van der Waals surface area (Å²) < 4.78 is 4.87. The second-order valence-electron chi connectivity index (χ2n) is 8.89. The number of hydrogen-bond donors (Lipinski definition) is 0. The molecule has 1 N–H and O–H groups in total. The smallest absolute Gasteiger partial charge is 0.853 e. The minimum atomic E-state index is -0.975. The van der Waals surface area contributed by atoms with Crippen molar-refractivity contribution in [1.82, 2.24) is 9.34 Å². The van der Waals surface area contributed by atoms with Gasteiger partial charge in [-0.25, -0.2) is 5.45 Å². The molecular weight excluding hydrogens is 491 g/mol. The molecule has 0 aliphatic carbocycles. The Labute approximate surface area is 217 Å². The Morgan fingerprint density at radius 2 is 1.25 bits per heavy atom. The second kappa shape index (κ2) is 15.1. The fourth-order valence-corrected chi connectivity index (χ4v) is 6.38. The summed E-state index contributed by atoms with van der Waals surface area (Å²) in [5, 5.41) is 11.1. The van der Waals surface area contributed by atoms with Gasteiger partial charge in [-0.3, -0.25) is 9.34 Å². The van der Waals surface area contributed by atoms with Gasteiger partial charge >= 0.3 is 26.2 Å². The minimum Gasteiger partial charge on any atom is -0.853 e. The van der Waals surface area contributed by atoms with Gasteiger partial charge in [0, 0.05) is 32.4 Å². The molecule has 0 saturated heterocycles. The molecule has 0 aliphatic heterocycles. The number of rotatable bonds is 8. The van der Waals surface area contributed by atoms with E-state index in [0.29, 0.717) is 35.3 Å². The average Bonchev–Trinajstić information content (AvgIpc) is 2.69. The molecule has 0 amide bonds. The van der Waals surface area contributed by atoms with Crippen LogP contribution in [0, 0.1) is 13.0 Å². The van der Waals surface area contributed by atoms with Gasteiger partial charge in [0.2, 0.25) is 0 Å². The Kier molecular flexibility index (Phi) is 14.7. The molecule has 0 spiro atoms. The number of nitrogens with one attached hydrogen (secondary N) is 1. The number of hydrogen-bond acceptors (Lipinski definition) is 2. The molecule has 0 unspecified atom stereocenters. The third kappa shape index (κ3) is 9.56. The van der Waals surface area contributed by atoms with Gasteiger partial charge in [-0.05, 0) is 62.3 Å². The van der Waals surface area contributed by atoms with E-state index in [1.807, 2.05) is 43.3 Å². The molecule has 32 heavy (non-hydrogen) atoms. The van der Waals surface area contributed by atoms with Crippen molar-refractivity contribution in [2.75, 3.05) is 0 Å². The van der Waals surface area contributed by atoms with Gasteiger partial charge in [-0.15, -0.1) is 36.0 Å². The van der Waals surface area contributed by atoms with Gasteiger partial charge in [0.25, 0.3) is 0 Å². The van der Waals surface area contributed by atoms with E-state index in [1.54, 1.807) is 12.1 Å². The zero-order valence-electron chi connectivity index (χ0n) is 21.2. The molecule has 0 saturated carbocycles. The van der Waals surface area contributed by atoms with Crippen LogP contribution in [0.1, 0.15) is 66.5 Å². The fraction of sp³-hybridized carbons (Fsp3) is 0.500. The summed E-state index contributed by atoms with van der Waals surface area (Å²) in [6.45, 7) is 19.6. The van der Waals surface area contributed by atoms with Crippen molar-refractivity contribution < 1.29 is 26.2 Å². The molecular formula is C26H40N4PZr. The van der Waals surface area contributed by atoms with Gasteiger partial charge in [0.15, 0.2) is 0 Å². The Morgan fingerprint density at radius 3 is 1.56 bits per heavy atom. The predicted octanol–water partition coefficient (Wildman–Crippen LogP) is 8.03. The van der Waals surface area contributed by atoms with Crippen molar-refractivity contribution in [1.29, 1.82) is 0 Å². The summed E-state index contributed by atoms with van der Waals surface area (Å²) in [7, 11) is -0.975. The van der Waals surface area contributed by atoms with Crippen LogP contribution >= 0.6 is 8.22 Å². The van der Waals surface area contributed by atoms with E-state index < -0.39 is 8.22 Å². The van der Waals surface area contributed by atoms with Crippen LogP contribution in [-0.2, 0) is 26.2 Å². The molecule has 4 nitrogen and oxygen atoms in total. The molecule has 2 rings (SSSR count). The summed E-state index contributed by atoms with van der Waals surface area (Å²) in [5.41, 5.74) is 10.1. The van der Waals surface area contributed by atoms with Crippen LogP contribution in [0.4, 0.5) is 5.69 Å². The zero-order chi connectivity index (χ0) is 23.7. The van der Waals surface area contributed by atoms with Crippen molar-refractivity contribution in [2.24, 2.45) is 0 Å². The van der Waals surface area contributed by atoms with Crippen molar-refractivity contribution in [3.05, 3.63) is 76.9 Å². The van der Waals surface area contributed by atoms with Gasteiger partial charge in [0.05, 0.1) is 0 Å². The molecule has 2 aromatic carbocycles. The monoisotopic (exact) mass is 529 g/mol. The van der Waals surface area contributed by atoms with E-state index in [1.165, 1.54) is 5.56 Å². The van der Waals surface area contributed by atoms with Crippen molar-refractivity contribution in [3.8, 4) is 0 Å². The van der Waals surface area contributed by atoms with E-state index in [0.717, 1.165) is 5.56 Å². The van der Waals surface area contributed by atoms with E-state index in [4.69, 9.17) is 5.73 Å². The molecule has 0 atom stereocenters. The third-order valence-corrected chi connectivity index (χ3v) is 8.09. The molecule has 6 heteroatoms. The van der Waals surface area contributed by atoms with Crippen LogP contribution < -0.4 is 0 Å². The molecule has 2 aromatic rings. The van der Waals surface area contributed by atoms with Gasteiger partial charge < -0.3 is 11.1 Å².